The van der Waals surface area contributed by atoms with Crippen molar-refractivity contribution in [2.24, 2.45) is 0 Å². The molecule has 122 valence electrons. The molecule has 6 heteroatoms. The molecule has 0 saturated carbocycles. The molecule has 6 nitrogen and oxygen atoms in total. The van der Waals surface area contributed by atoms with Crippen molar-refractivity contribution in [2.45, 2.75) is 25.7 Å². The quantitative estimate of drug-likeness (QED) is 0.678. The van der Waals surface area contributed by atoms with Gasteiger partial charge in [0.25, 0.3) is 5.91 Å². The van der Waals surface area contributed by atoms with Gasteiger partial charge < -0.3 is 14.5 Å². The van der Waals surface area contributed by atoms with Crippen molar-refractivity contribution in [3.63, 3.8) is 0 Å². The molecule has 0 atom stereocenters. The summed E-state index contributed by atoms with van der Waals surface area (Å²) in [6, 6.07) is 4.96. The Bertz CT molecular complexity index is 856. The van der Waals surface area contributed by atoms with E-state index in [-0.39, 0.29) is 5.91 Å². The summed E-state index contributed by atoms with van der Waals surface area (Å²) in [6.07, 6.45) is 5.66. The first-order valence-electron chi connectivity index (χ1n) is 7.90. The third kappa shape index (κ3) is 2.40. The lowest BCUT2D eigenvalue weighted by Gasteiger charge is -2.05. The van der Waals surface area contributed by atoms with Gasteiger partial charge in [-0.05, 0) is 37.5 Å². The Balaban J connectivity index is 1.75. The number of esters is 1. The van der Waals surface area contributed by atoms with E-state index >= 15 is 0 Å². The lowest BCUT2D eigenvalue weighted by Crippen LogP contribution is -2.03. The van der Waals surface area contributed by atoms with Gasteiger partial charge in [-0.25, -0.2) is 9.78 Å². The Labute approximate surface area is 138 Å². The number of hydrogen-bond donors (Lipinski definition) is 1. The first-order valence-corrected chi connectivity index (χ1v) is 7.90. The molecule has 0 spiro atoms. The third-order valence-corrected chi connectivity index (χ3v) is 4.35. The highest BCUT2D eigenvalue weighted by Crippen LogP contribution is 2.34. The van der Waals surface area contributed by atoms with E-state index in [2.05, 4.69) is 10.3 Å². The average Bonchev–Trinajstić information content (AvgIpc) is 3.14. The Hall–Kier alpha value is -2.89. The van der Waals surface area contributed by atoms with Crippen LogP contribution >= 0.6 is 0 Å². The first kappa shape index (κ1) is 14.7. The number of hydrogen-bond acceptors (Lipinski definition) is 5. The number of ether oxygens (including phenoxy) is 1. The SMILES string of the molecule is COC(=O)c1ccc2c(c1)C(=Cc1nc3c(o1)CCCC3)C(=O)N2. The van der Waals surface area contributed by atoms with Crippen LogP contribution in [0.25, 0.3) is 11.6 Å². The normalized spacial score (nSPS) is 17.4. The van der Waals surface area contributed by atoms with Gasteiger partial charge in [0.15, 0.2) is 0 Å². The second kappa shape index (κ2) is 5.63. The lowest BCUT2D eigenvalue weighted by atomic mass is 10.0. The number of aryl methyl sites for hydroxylation is 2. The van der Waals surface area contributed by atoms with Crippen LogP contribution in [0.4, 0.5) is 5.69 Å². The second-order valence-corrected chi connectivity index (χ2v) is 5.89. The number of carbonyl (C=O) groups excluding carboxylic acids is 2. The fourth-order valence-electron chi connectivity index (χ4n) is 3.13. The van der Waals surface area contributed by atoms with Crippen LogP contribution < -0.4 is 5.32 Å². The van der Waals surface area contributed by atoms with E-state index in [1.807, 2.05) is 0 Å². The van der Waals surface area contributed by atoms with Crippen LogP contribution in [-0.4, -0.2) is 24.0 Å². The van der Waals surface area contributed by atoms with Crippen molar-refractivity contribution in [2.75, 3.05) is 12.4 Å². The minimum Gasteiger partial charge on any atom is -0.465 e. The van der Waals surface area contributed by atoms with Gasteiger partial charge in [0.2, 0.25) is 5.89 Å². The van der Waals surface area contributed by atoms with Gasteiger partial charge in [-0.15, -0.1) is 0 Å². The molecule has 2 heterocycles. The van der Waals surface area contributed by atoms with Crippen molar-refractivity contribution in [1.29, 1.82) is 0 Å². The minimum atomic E-state index is -0.442. The fraction of sp³-hybridized carbons (Fsp3) is 0.278. The van der Waals surface area contributed by atoms with Crippen LogP contribution in [-0.2, 0) is 22.4 Å². The number of fused-ring (bicyclic) bond motifs is 2. The molecule has 1 aromatic carbocycles. The second-order valence-electron chi connectivity index (χ2n) is 5.89. The Kier molecular flexibility index (Phi) is 3.45. The highest BCUT2D eigenvalue weighted by molar-refractivity contribution is 6.34. The number of methoxy groups -OCH3 is 1. The smallest absolute Gasteiger partial charge is 0.337 e. The van der Waals surface area contributed by atoms with Crippen molar-refractivity contribution < 1.29 is 18.7 Å². The molecule has 0 fully saturated rings. The predicted octanol–water partition coefficient (Wildman–Crippen LogP) is 2.83. The number of amides is 1. The van der Waals surface area contributed by atoms with Crippen LogP contribution in [0.5, 0.6) is 0 Å². The summed E-state index contributed by atoms with van der Waals surface area (Å²) in [5.74, 6) is 0.671. The van der Waals surface area contributed by atoms with Crippen LogP contribution in [0.2, 0.25) is 0 Å². The van der Waals surface area contributed by atoms with Crippen LogP contribution in [0, 0.1) is 0 Å². The maximum absolute atomic E-state index is 12.3. The van der Waals surface area contributed by atoms with Crippen LogP contribution in [0.1, 0.15) is 46.1 Å². The summed E-state index contributed by atoms with van der Waals surface area (Å²) >= 11 is 0. The zero-order valence-electron chi connectivity index (χ0n) is 13.2. The van der Waals surface area contributed by atoms with Gasteiger partial charge >= 0.3 is 5.97 Å². The molecular formula is C18H16N2O4. The molecule has 1 N–H and O–H groups in total. The summed E-state index contributed by atoms with van der Waals surface area (Å²) in [7, 11) is 1.33. The number of anilines is 1. The maximum Gasteiger partial charge on any atom is 0.337 e. The summed E-state index contributed by atoms with van der Waals surface area (Å²) in [6.45, 7) is 0. The fourth-order valence-corrected chi connectivity index (χ4v) is 3.13. The third-order valence-electron chi connectivity index (χ3n) is 4.35. The van der Waals surface area contributed by atoms with Crippen LogP contribution in [0.3, 0.4) is 0 Å². The van der Waals surface area contributed by atoms with Gasteiger partial charge in [0.05, 0.1) is 23.9 Å². The molecule has 0 saturated heterocycles. The van der Waals surface area contributed by atoms with Crippen molar-refractivity contribution >= 4 is 29.2 Å². The maximum atomic E-state index is 12.3. The van der Waals surface area contributed by atoms with E-state index in [4.69, 9.17) is 9.15 Å². The lowest BCUT2D eigenvalue weighted by molar-refractivity contribution is -0.110. The Morgan fingerprint density at radius 2 is 2.17 bits per heavy atom. The predicted molar refractivity (Wildman–Crippen MR) is 87.4 cm³/mol. The topological polar surface area (TPSA) is 81.4 Å². The van der Waals surface area contributed by atoms with Gasteiger partial charge in [0.1, 0.15) is 5.76 Å². The zero-order chi connectivity index (χ0) is 16.7. The van der Waals surface area contributed by atoms with E-state index in [0.717, 1.165) is 37.1 Å². The number of aromatic nitrogens is 1. The molecule has 1 amide bonds. The zero-order valence-corrected chi connectivity index (χ0v) is 13.2. The van der Waals surface area contributed by atoms with Gasteiger partial charge in [-0.1, -0.05) is 0 Å². The van der Waals surface area contributed by atoms with Crippen molar-refractivity contribution in [3.05, 3.63) is 46.7 Å². The highest BCUT2D eigenvalue weighted by atomic mass is 16.5. The molecule has 1 aromatic heterocycles. The summed E-state index contributed by atoms with van der Waals surface area (Å²) in [5.41, 5.74) is 3.13. The Morgan fingerprint density at radius 3 is 2.96 bits per heavy atom. The molecule has 2 aliphatic rings. The Morgan fingerprint density at radius 1 is 1.33 bits per heavy atom. The number of carbonyl (C=O) groups is 2. The molecule has 24 heavy (non-hydrogen) atoms. The molecule has 1 aliphatic heterocycles. The van der Waals surface area contributed by atoms with E-state index < -0.39 is 5.97 Å². The summed E-state index contributed by atoms with van der Waals surface area (Å²) in [5, 5.41) is 2.78. The molecule has 4 rings (SSSR count). The number of rotatable bonds is 2. The monoisotopic (exact) mass is 324 g/mol. The standard InChI is InChI=1S/C18H16N2O4/c1-23-18(22)10-6-7-13-11(8-10)12(17(21)20-13)9-16-19-14-4-2-3-5-15(14)24-16/h6-9H,2-5H2,1H3,(H,20,21). The molecule has 1 aliphatic carbocycles. The van der Waals surface area contributed by atoms with Gasteiger partial charge in [-0.3, -0.25) is 4.79 Å². The molecule has 0 bridgehead atoms. The summed E-state index contributed by atoms with van der Waals surface area (Å²) < 4.78 is 10.5. The first-order chi connectivity index (χ1) is 11.7. The molecular weight excluding hydrogens is 308 g/mol. The molecule has 2 aromatic rings. The largest absolute Gasteiger partial charge is 0.465 e. The number of nitrogens with zero attached hydrogens (tertiary/aromatic N) is 1. The number of benzene rings is 1. The van der Waals surface area contributed by atoms with Gasteiger partial charge in [0, 0.05) is 23.7 Å². The van der Waals surface area contributed by atoms with E-state index in [1.54, 1.807) is 24.3 Å². The summed E-state index contributed by atoms with van der Waals surface area (Å²) in [4.78, 5) is 28.5. The van der Waals surface area contributed by atoms with E-state index in [0.29, 0.717) is 28.3 Å². The van der Waals surface area contributed by atoms with Crippen molar-refractivity contribution in [3.8, 4) is 0 Å². The highest BCUT2D eigenvalue weighted by Gasteiger charge is 2.26. The number of nitrogens with one attached hydrogen (secondary N) is 1. The minimum absolute atomic E-state index is 0.233. The number of oxazole rings is 1. The van der Waals surface area contributed by atoms with E-state index in [1.165, 1.54) is 7.11 Å². The van der Waals surface area contributed by atoms with E-state index in [9.17, 15) is 9.59 Å². The van der Waals surface area contributed by atoms with Crippen molar-refractivity contribution in [1.82, 2.24) is 4.98 Å². The van der Waals surface area contributed by atoms with Gasteiger partial charge in [-0.2, -0.15) is 0 Å². The van der Waals surface area contributed by atoms with Crippen LogP contribution in [0.15, 0.2) is 22.6 Å². The molecule has 0 radical (unpaired) electrons. The average molecular weight is 324 g/mol. The molecule has 0 unspecified atom stereocenters.